The Balaban J connectivity index is 1.50. The maximum Gasteiger partial charge on any atom is 0.231 e. The van der Waals surface area contributed by atoms with Gasteiger partial charge in [-0.05, 0) is 44.4 Å². The van der Waals surface area contributed by atoms with Gasteiger partial charge in [0.05, 0.1) is 5.92 Å². The lowest BCUT2D eigenvalue weighted by molar-refractivity contribution is -0.121. The van der Waals surface area contributed by atoms with E-state index >= 15 is 0 Å². The number of fused-ring (bicyclic) bond motifs is 1. The second-order valence-corrected chi connectivity index (χ2v) is 6.75. The van der Waals surface area contributed by atoms with Gasteiger partial charge in [-0.2, -0.15) is 0 Å². The van der Waals surface area contributed by atoms with E-state index in [1.54, 1.807) is 0 Å². The molecule has 1 unspecified atom stereocenters. The van der Waals surface area contributed by atoms with Gasteiger partial charge in [0.15, 0.2) is 0 Å². The maximum atomic E-state index is 13.0. The van der Waals surface area contributed by atoms with Crippen molar-refractivity contribution >= 4 is 17.5 Å². The fourth-order valence-electron chi connectivity index (χ4n) is 3.78. The van der Waals surface area contributed by atoms with E-state index < -0.39 is 0 Å². The molecule has 1 atom stereocenters. The number of aryl methyl sites for hydroxylation is 2. The van der Waals surface area contributed by atoms with Crippen LogP contribution in [-0.4, -0.2) is 35.5 Å². The van der Waals surface area contributed by atoms with Gasteiger partial charge in [0.25, 0.3) is 0 Å². The molecule has 124 valence electrons. The van der Waals surface area contributed by atoms with Crippen LogP contribution < -0.4 is 9.80 Å². The molecule has 2 aromatic rings. The van der Waals surface area contributed by atoms with Crippen LogP contribution in [0.4, 0.5) is 11.6 Å². The summed E-state index contributed by atoms with van der Waals surface area (Å²) in [6.07, 6.45) is 1.83. The van der Waals surface area contributed by atoms with Crippen molar-refractivity contribution in [1.29, 1.82) is 0 Å². The van der Waals surface area contributed by atoms with E-state index in [2.05, 4.69) is 27.0 Å². The first-order valence-corrected chi connectivity index (χ1v) is 8.58. The zero-order valence-electron chi connectivity index (χ0n) is 14.2. The minimum atomic E-state index is 0.0283. The van der Waals surface area contributed by atoms with Crippen LogP contribution in [-0.2, 0) is 11.2 Å². The van der Waals surface area contributed by atoms with Crippen molar-refractivity contribution in [2.45, 2.75) is 26.7 Å². The average Bonchev–Trinajstić information content (AvgIpc) is 3.21. The van der Waals surface area contributed by atoms with Crippen molar-refractivity contribution in [3.8, 4) is 0 Å². The number of nitrogens with zero attached hydrogens (tertiary/aromatic N) is 4. The number of hydrogen-bond acceptors (Lipinski definition) is 4. The standard InChI is InChI=1S/C19H22N4O/c1-13-11-14(2)21-19(20-13)22-9-7-16(12-22)18(24)23-10-8-15-5-3-4-6-17(15)23/h3-6,11,16H,7-10,12H2,1-2H3. The summed E-state index contributed by atoms with van der Waals surface area (Å²) in [6, 6.07) is 10.2. The summed E-state index contributed by atoms with van der Waals surface area (Å²) in [5.74, 6) is 1.03. The second kappa shape index (κ2) is 5.89. The molecule has 0 radical (unpaired) electrons. The van der Waals surface area contributed by atoms with Crippen LogP contribution in [0.1, 0.15) is 23.4 Å². The van der Waals surface area contributed by atoms with Gasteiger partial charge < -0.3 is 9.80 Å². The van der Waals surface area contributed by atoms with Gasteiger partial charge in [-0.1, -0.05) is 18.2 Å². The third-order valence-corrected chi connectivity index (χ3v) is 4.94. The summed E-state index contributed by atoms with van der Waals surface area (Å²) in [4.78, 5) is 26.2. The van der Waals surface area contributed by atoms with E-state index in [1.165, 1.54) is 5.56 Å². The lowest BCUT2D eigenvalue weighted by Gasteiger charge is -2.22. The van der Waals surface area contributed by atoms with Crippen LogP contribution in [0.2, 0.25) is 0 Å². The average molecular weight is 322 g/mol. The predicted molar refractivity (Wildman–Crippen MR) is 94.3 cm³/mol. The molecule has 4 rings (SSSR count). The summed E-state index contributed by atoms with van der Waals surface area (Å²) < 4.78 is 0. The normalized spacial score (nSPS) is 19.7. The molecule has 0 aliphatic carbocycles. The minimum absolute atomic E-state index is 0.0283. The van der Waals surface area contributed by atoms with E-state index in [0.717, 1.165) is 49.0 Å². The Morgan fingerprint density at radius 2 is 1.88 bits per heavy atom. The van der Waals surface area contributed by atoms with Gasteiger partial charge in [-0.15, -0.1) is 0 Å². The van der Waals surface area contributed by atoms with E-state index in [4.69, 9.17) is 0 Å². The van der Waals surface area contributed by atoms with Gasteiger partial charge in [0, 0.05) is 36.7 Å². The van der Waals surface area contributed by atoms with Crippen molar-refractivity contribution in [2.24, 2.45) is 5.92 Å². The van der Waals surface area contributed by atoms with Gasteiger partial charge >= 0.3 is 0 Å². The molecule has 1 amide bonds. The highest BCUT2D eigenvalue weighted by molar-refractivity contribution is 5.97. The largest absolute Gasteiger partial charge is 0.340 e. The minimum Gasteiger partial charge on any atom is -0.340 e. The zero-order valence-corrected chi connectivity index (χ0v) is 14.2. The molecule has 5 heteroatoms. The van der Waals surface area contributed by atoms with Gasteiger partial charge in [0.2, 0.25) is 11.9 Å². The van der Waals surface area contributed by atoms with Crippen LogP contribution >= 0.6 is 0 Å². The monoisotopic (exact) mass is 322 g/mol. The van der Waals surface area contributed by atoms with Crippen LogP contribution in [0.25, 0.3) is 0 Å². The molecule has 1 fully saturated rings. The first-order valence-electron chi connectivity index (χ1n) is 8.58. The van der Waals surface area contributed by atoms with Crippen molar-refractivity contribution in [1.82, 2.24) is 9.97 Å². The van der Waals surface area contributed by atoms with Crippen molar-refractivity contribution in [3.63, 3.8) is 0 Å². The third-order valence-electron chi connectivity index (χ3n) is 4.94. The van der Waals surface area contributed by atoms with Gasteiger partial charge in [-0.3, -0.25) is 4.79 Å². The molecular weight excluding hydrogens is 300 g/mol. The molecular formula is C19H22N4O. The molecule has 1 aromatic carbocycles. The van der Waals surface area contributed by atoms with E-state index in [9.17, 15) is 4.79 Å². The number of benzene rings is 1. The van der Waals surface area contributed by atoms with E-state index in [0.29, 0.717) is 6.54 Å². The smallest absolute Gasteiger partial charge is 0.231 e. The number of carbonyl (C=O) groups is 1. The lowest BCUT2D eigenvalue weighted by Crippen LogP contribution is -2.36. The Kier molecular flexibility index (Phi) is 3.71. The highest BCUT2D eigenvalue weighted by atomic mass is 16.2. The molecule has 0 spiro atoms. The van der Waals surface area contributed by atoms with Crippen molar-refractivity contribution < 1.29 is 4.79 Å². The summed E-state index contributed by atoms with van der Waals surface area (Å²) in [5.41, 5.74) is 4.31. The fourth-order valence-corrected chi connectivity index (χ4v) is 3.78. The Hall–Kier alpha value is -2.43. The number of aromatic nitrogens is 2. The molecule has 2 aliphatic heterocycles. The Bertz CT molecular complexity index is 768. The molecule has 3 heterocycles. The molecule has 0 saturated carbocycles. The molecule has 5 nitrogen and oxygen atoms in total. The third kappa shape index (κ3) is 2.64. The number of rotatable bonds is 2. The van der Waals surface area contributed by atoms with Crippen LogP contribution in [0.5, 0.6) is 0 Å². The Morgan fingerprint density at radius 1 is 1.12 bits per heavy atom. The van der Waals surface area contributed by atoms with Crippen LogP contribution in [0, 0.1) is 19.8 Å². The lowest BCUT2D eigenvalue weighted by atomic mass is 10.1. The van der Waals surface area contributed by atoms with E-state index in [-0.39, 0.29) is 11.8 Å². The summed E-state index contributed by atoms with van der Waals surface area (Å²) in [6.45, 7) is 6.32. The number of amides is 1. The van der Waals surface area contributed by atoms with E-state index in [1.807, 2.05) is 36.9 Å². The highest BCUT2D eigenvalue weighted by Gasteiger charge is 2.35. The van der Waals surface area contributed by atoms with Crippen molar-refractivity contribution in [2.75, 3.05) is 29.4 Å². The fraction of sp³-hybridized carbons (Fsp3) is 0.421. The second-order valence-electron chi connectivity index (χ2n) is 6.75. The molecule has 0 N–H and O–H groups in total. The molecule has 0 bridgehead atoms. The van der Waals surface area contributed by atoms with Crippen molar-refractivity contribution in [3.05, 3.63) is 47.3 Å². The Morgan fingerprint density at radius 3 is 2.67 bits per heavy atom. The molecule has 1 saturated heterocycles. The SMILES string of the molecule is Cc1cc(C)nc(N2CCC(C(=O)N3CCc4ccccc43)C2)n1. The maximum absolute atomic E-state index is 13.0. The number of para-hydroxylation sites is 1. The summed E-state index contributed by atoms with van der Waals surface area (Å²) in [5, 5.41) is 0. The number of anilines is 2. The van der Waals surface area contributed by atoms with Gasteiger partial charge in [0.1, 0.15) is 0 Å². The number of carbonyl (C=O) groups excluding carboxylic acids is 1. The molecule has 2 aliphatic rings. The first-order chi connectivity index (χ1) is 11.6. The highest BCUT2D eigenvalue weighted by Crippen LogP contribution is 2.31. The number of hydrogen-bond donors (Lipinski definition) is 0. The van der Waals surface area contributed by atoms with Crippen LogP contribution in [0.3, 0.4) is 0 Å². The molecule has 1 aromatic heterocycles. The summed E-state index contributed by atoms with van der Waals surface area (Å²) >= 11 is 0. The quantitative estimate of drug-likeness (QED) is 0.852. The topological polar surface area (TPSA) is 49.3 Å². The van der Waals surface area contributed by atoms with Gasteiger partial charge in [-0.25, -0.2) is 9.97 Å². The zero-order chi connectivity index (χ0) is 16.7. The summed E-state index contributed by atoms with van der Waals surface area (Å²) in [7, 11) is 0. The predicted octanol–water partition coefficient (Wildman–Crippen LogP) is 2.51. The first kappa shape index (κ1) is 15.1. The molecule has 24 heavy (non-hydrogen) atoms. The Labute approximate surface area is 142 Å². The van der Waals surface area contributed by atoms with Crippen LogP contribution in [0.15, 0.2) is 30.3 Å².